The van der Waals surface area contributed by atoms with E-state index >= 15 is 0 Å². The van der Waals surface area contributed by atoms with E-state index in [0.717, 1.165) is 41.9 Å². The number of aromatic nitrogens is 1. The Morgan fingerprint density at radius 2 is 1.84 bits per heavy atom. The normalized spacial score (nSPS) is 19.2. The number of likely N-dealkylation sites (tertiary alicyclic amines) is 1. The van der Waals surface area contributed by atoms with E-state index in [-0.39, 0.29) is 6.10 Å². The summed E-state index contributed by atoms with van der Waals surface area (Å²) in [5, 5.41) is 1.10. The summed E-state index contributed by atoms with van der Waals surface area (Å²) in [5.41, 5.74) is 3.37. The van der Waals surface area contributed by atoms with Crippen molar-refractivity contribution in [3.63, 3.8) is 0 Å². The zero-order chi connectivity index (χ0) is 17.2. The van der Waals surface area contributed by atoms with Crippen molar-refractivity contribution in [3.8, 4) is 5.75 Å². The van der Waals surface area contributed by atoms with Gasteiger partial charge in [0.25, 0.3) is 0 Å². The molecule has 2 unspecified atom stereocenters. The van der Waals surface area contributed by atoms with Crippen molar-refractivity contribution < 1.29 is 4.74 Å². The third kappa shape index (κ3) is 3.38. The number of hydrogen-bond acceptors (Lipinski definition) is 3. The molecule has 2 heterocycles. The second-order valence-corrected chi connectivity index (χ2v) is 6.89. The predicted molar refractivity (Wildman–Crippen MR) is 102 cm³/mol. The summed E-state index contributed by atoms with van der Waals surface area (Å²) in [5.74, 6) is 0.960. The number of nitrogens with zero attached hydrogens (tertiary/aromatic N) is 2. The molecule has 3 aromatic rings. The van der Waals surface area contributed by atoms with Gasteiger partial charge in [0, 0.05) is 36.3 Å². The van der Waals surface area contributed by atoms with Crippen LogP contribution in [0.4, 0.5) is 0 Å². The van der Waals surface area contributed by atoms with Gasteiger partial charge in [0.2, 0.25) is 0 Å². The van der Waals surface area contributed by atoms with Crippen LogP contribution in [0.2, 0.25) is 0 Å². The fraction of sp³-hybridized carbons (Fsp3) is 0.318. The Hall–Kier alpha value is -2.39. The molecule has 0 amide bonds. The first-order valence-electron chi connectivity index (χ1n) is 9.03. The summed E-state index contributed by atoms with van der Waals surface area (Å²) in [6.07, 6.45) is 1.30. The number of hydrogen-bond donors (Lipinski definition) is 0. The van der Waals surface area contributed by atoms with Crippen LogP contribution in [0.5, 0.6) is 5.75 Å². The SMILES string of the molecule is Cc1cc(OC2CCN(C(C)c3ccccc3)C2)c2ccccc2n1. The second kappa shape index (κ2) is 6.85. The van der Waals surface area contributed by atoms with Gasteiger partial charge in [-0.05, 0) is 38.0 Å². The average molecular weight is 332 g/mol. The number of rotatable bonds is 4. The first-order chi connectivity index (χ1) is 12.2. The lowest BCUT2D eigenvalue weighted by Gasteiger charge is -2.24. The third-order valence-corrected chi connectivity index (χ3v) is 5.11. The molecule has 0 N–H and O–H groups in total. The molecule has 1 fully saturated rings. The van der Waals surface area contributed by atoms with Crippen molar-refractivity contribution >= 4 is 10.9 Å². The van der Waals surface area contributed by atoms with Gasteiger partial charge in [0.15, 0.2) is 0 Å². The van der Waals surface area contributed by atoms with E-state index in [1.165, 1.54) is 5.56 Å². The van der Waals surface area contributed by atoms with Gasteiger partial charge in [-0.15, -0.1) is 0 Å². The molecule has 0 aliphatic carbocycles. The molecule has 1 aliphatic rings. The molecule has 0 bridgehead atoms. The Morgan fingerprint density at radius 3 is 2.68 bits per heavy atom. The summed E-state index contributed by atoms with van der Waals surface area (Å²) in [6, 6.07) is 21.4. The van der Waals surface area contributed by atoms with Crippen LogP contribution in [0.3, 0.4) is 0 Å². The number of aryl methyl sites for hydroxylation is 1. The van der Waals surface area contributed by atoms with Crippen molar-refractivity contribution in [3.05, 3.63) is 71.9 Å². The monoisotopic (exact) mass is 332 g/mol. The summed E-state index contributed by atoms with van der Waals surface area (Å²) in [4.78, 5) is 7.11. The lowest BCUT2D eigenvalue weighted by Crippen LogP contribution is -2.27. The quantitative estimate of drug-likeness (QED) is 0.689. The largest absolute Gasteiger partial charge is 0.488 e. The van der Waals surface area contributed by atoms with Crippen LogP contribution in [0.1, 0.15) is 30.6 Å². The predicted octanol–water partition coefficient (Wildman–Crippen LogP) is 4.76. The highest BCUT2D eigenvalue weighted by molar-refractivity contribution is 5.85. The van der Waals surface area contributed by atoms with Gasteiger partial charge in [-0.2, -0.15) is 0 Å². The van der Waals surface area contributed by atoms with Crippen LogP contribution in [-0.2, 0) is 0 Å². The maximum Gasteiger partial charge on any atom is 0.130 e. The number of fused-ring (bicyclic) bond motifs is 1. The summed E-state index contributed by atoms with van der Waals surface area (Å²) in [7, 11) is 0. The minimum atomic E-state index is 0.233. The molecule has 0 spiro atoms. The van der Waals surface area contributed by atoms with Crippen molar-refractivity contribution in [2.45, 2.75) is 32.4 Å². The highest BCUT2D eigenvalue weighted by Crippen LogP contribution is 2.30. The Balaban J connectivity index is 1.50. The van der Waals surface area contributed by atoms with Crippen LogP contribution in [0, 0.1) is 6.92 Å². The zero-order valence-corrected chi connectivity index (χ0v) is 14.9. The van der Waals surface area contributed by atoms with Crippen LogP contribution in [0.25, 0.3) is 10.9 Å². The van der Waals surface area contributed by atoms with E-state index in [4.69, 9.17) is 4.74 Å². The van der Waals surface area contributed by atoms with E-state index < -0.39 is 0 Å². The topological polar surface area (TPSA) is 25.4 Å². The minimum Gasteiger partial charge on any atom is -0.488 e. The molecule has 3 heteroatoms. The van der Waals surface area contributed by atoms with Crippen LogP contribution in [0.15, 0.2) is 60.7 Å². The van der Waals surface area contributed by atoms with E-state index in [2.05, 4.69) is 59.3 Å². The van der Waals surface area contributed by atoms with Gasteiger partial charge in [-0.25, -0.2) is 0 Å². The van der Waals surface area contributed by atoms with Crippen molar-refractivity contribution in [1.82, 2.24) is 9.88 Å². The highest BCUT2D eigenvalue weighted by Gasteiger charge is 2.28. The molecule has 25 heavy (non-hydrogen) atoms. The third-order valence-electron chi connectivity index (χ3n) is 5.11. The molecule has 3 nitrogen and oxygen atoms in total. The number of pyridine rings is 1. The van der Waals surface area contributed by atoms with Gasteiger partial charge < -0.3 is 4.74 Å². The molecule has 128 valence electrons. The first-order valence-corrected chi connectivity index (χ1v) is 9.03. The lowest BCUT2D eigenvalue weighted by molar-refractivity contribution is 0.184. The van der Waals surface area contributed by atoms with Gasteiger partial charge >= 0.3 is 0 Å². The van der Waals surface area contributed by atoms with E-state index in [1.54, 1.807) is 0 Å². The molecule has 0 saturated carbocycles. The minimum absolute atomic E-state index is 0.233. The molecule has 4 rings (SSSR count). The maximum absolute atomic E-state index is 6.40. The van der Waals surface area contributed by atoms with Crippen LogP contribution >= 0.6 is 0 Å². The smallest absolute Gasteiger partial charge is 0.130 e. The molecule has 1 saturated heterocycles. The molecular formula is C22H24N2O. The maximum atomic E-state index is 6.40. The fourth-order valence-corrected chi connectivity index (χ4v) is 3.69. The van der Waals surface area contributed by atoms with E-state index in [0.29, 0.717) is 6.04 Å². The van der Waals surface area contributed by atoms with Crippen LogP contribution in [-0.4, -0.2) is 29.1 Å². The van der Waals surface area contributed by atoms with Gasteiger partial charge in [0.05, 0.1) is 5.52 Å². The Bertz CT molecular complexity index is 862. The van der Waals surface area contributed by atoms with Crippen molar-refractivity contribution in [1.29, 1.82) is 0 Å². The van der Waals surface area contributed by atoms with E-state index in [1.807, 2.05) is 25.1 Å². The number of benzene rings is 2. The zero-order valence-electron chi connectivity index (χ0n) is 14.9. The second-order valence-electron chi connectivity index (χ2n) is 6.89. The summed E-state index contributed by atoms with van der Waals surface area (Å²) < 4.78 is 6.40. The lowest BCUT2D eigenvalue weighted by atomic mass is 10.1. The Kier molecular flexibility index (Phi) is 4.41. The Morgan fingerprint density at radius 1 is 1.08 bits per heavy atom. The molecular weight excluding hydrogens is 308 g/mol. The van der Waals surface area contributed by atoms with Gasteiger partial charge in [-0.3, -0.25) is 9.88 Å². The molecule has 1 aromatic heterocycles. The fourth-order valence-electron chi connectivity index (χ4n) is 3.69. The molecule has 1 aliphatic heterocycles. The van der Waals surface area contributed by atoms with Gasteiger partial charge in [0.1, 0.15) is 11.9 Å². The molecule has 2 atom stereocenters. The number of ether oxygens (including phenoxy) is 1. The standard InChI is InChI=1S/C22H24N2O/c1-16-14-22(20-10-6-7-11-21(20)23-16)25-19-12-13-24(15-19)17(2)18-8-4-3-5-9-18/h3-11,14,17,19H,12-13,15H2,1-2H3. The average Bonchev–Trinajstić information content (AvgIpc) is 3.10. The van der Waals surface area contributed by atoms with Crippen LogP contribution < -0.4 is 4.74 Å². The van der Waals surface area contributed by atoms with Crippen molar-refractivity contribution in [2.75, 3.05) is 13.1 Å². The van der Waals surface area contributed by atoms with Gasteiger partial charge in [-0.1, -0.05) is 42.5 Å². The first kappa shape index (κ1) is 16.1. The molecule has 2 aromatic carbocycles. The number of para-hydroxylation sites is 1. The summed E-state index contributed by atoms with van der Waals surface area (Å²) >= 11 is 0. The summed E-state index contributed by atoms with van der Waals surface area (Å²) in [6.45, 7) is 6.34. The van der Waals surface area contributed by atoms with Crippen molar-refractivity contribution in [2.24, 2.45) is 0 Å². The van der Waals surface area contributed by atoms with E-state index in [9.17, 15) is 0 Å². The highest BCUT2D eigenvalue weighted by atomic mass is 16.5. The molecule has 0 radical (unpaired) electrons. The Labute approximate surface area is 149 Å².